The Hall–Kier alpha value is -3.06. The number of esters is 1. The number of carbonyl (C=O) groups excluding carboxylic acids is 2. The molecule has 0 spiro atoms. The number of rotatable bonds is 6. The molecule has 28 heavy (non-hydrogen) atoms. The van der Waals surface area contributed by atoms with Gasteiger partial charge < -0.3 is 4.74 Å². The van der Waals surface area contributed by atoms with Gasteiger partial charge in [0, 0.05) is 12.3 Å². The van der Waals surface area contributed by atoms with Crippen molar-refractivity contribution in [2.75, 3.05) is 4.90 Å². The summed E-state index contributed by atoms with van der Waals surface area (Å²) < 4.78 is 18.2. The smallest absolute Gasteiger partial charge is 0.338 e. The standard InChI is InChI=1S/C21H19FN2O3S/c1-3-15-4-10-19(11-5-15)24(14(2)25)21-23-18(13-28-21)12-27-20(26)16-6-8-17(22)9-7-16/h4-11,13H,3,12H2,1-2H3. The van der Waals surface area contributed by atoms with Crippen molar-refractivity contribution < 1.29 is 18.7 Å². The molecule has 3 aromatic rings. The van der Waals surface area contributed by atoms with Gasteiger partial charge in [0.15, 0.2) is 5.13 Å². The van der Waals surface area contributed by atoms with Crippen LogP contribution in [0, 0.1) is 5.82 Å². The second-order valence-corrected chi connectivity index (χ2v) is 6.92. The summed E-state index contributed by atoms with van der Waals surface area (Å²) in [6.07, 6.45) is 0.918. The van der Waals surface area contributed by atoms with E-state index in [0.29, 0.717) is 10.8 Å². The predicted molar refractivity (Wildman–Crippen MR) is 106 cm³/mol. The largest absolute Gasteiger partial charge is 0.456 e. The van der Waals surface area contributed by atoms with Crippen molar-refractivity contribution in [3.05, 3.63) is 76.5 Å². The van der Waals surface area contributed by atoms with E-state index in [0.717, 1.165) is 12.1 Å². The zero-order chi connectivity index (χ0) is 20.1. The van der Waals surface area contributed by atoms with Gasteiger partial charge in [-0.3, -0.25) is 9.69 Å². The second-order valence-electron chi connectivity index (χ2n) is 6.08. The van der Waals surface area contributed by atoms with E-state index in [1.165, 1.54) is 53.0 Å². The monoisotopic (exact) mass is 398 g/mol. The first kappa shape index (κ1) is 19.7. The lowest BCUT2D eigenvalue weighted by Crippen LogP contribution is -2.22. The van der Waals surface area contributed by atoms with Gasteiger partial charge in [-0.1, -0.05) is 19.1 Å². The van der Waals surface area contributed by atoms with E-state index in [1.807, 2.05) is 24.3 Å². The molecule has 144 valence electrons. The molecule has 0 aliphatic carbocycles. The van der Waals surface area contributed by atoms with Gasteiger partial charge in [-0.05, 0) is 48.4 Å². The van der Waals surface area contributed by atoms with Gasteiger partial charge in [0.2, 0.25) is 5.91 Å². The fourth-order valence-electron chi connectivity index (χ4n) is 2.58. The third-order valence-corrected chi connectivity index (χ3v) is 4.95. The topological polar surface area (TPSA) is 59.5 Å². The van der Waals surface area contributed by atoms with Crippen LogP contribution in [0.2, 0.25) is 0 Å². The summed E-state index contributed by atoms with van der Waals surface area (Å²) in [5.41, 5.74) is 2.71. The SMILES string of the molecule is CCc1ccc(N(C(C)=O)c2nc(COC(=O)c3ccc(F)cc3)cs2)cc1. The molecule has 0 bridgehead atoms. The van der Waals surface area contributed by atoms with Gasteiger partial charge in [-0.2, -0.15) is 0 Å². The molecule has 1 heterocycles. The first-order valence-corrected chi connectivity index (χ1v) is 9.62. The number of benzene rings is 2. The average Bonchev–Trinajstić information content (AvgIpc) is 3.15. The highest BCUT2D eigenvalue weighted by molar-refractivity contribution is 7.14. The van der Waals surface area contributed by atoms with Crippen molar-refractivity contribution in [3.63, 3.8) is 0 Å². The lowest BCUT2D eigenvalue weighted by Gasteiger charge is -2.18. The molecule has 2 aromatic carbocycles. The molecular formula is C21H19FN2O3S. The Morgan fingerprint density at radius 3 is 2.39 bits per heavy atom. The third-order valence-electron chi connectivity index (χ3n) is 4.08. The van der Waals surface area contributed by atoms with Gasteiger partial charge in [0.1, 0.15) is 12.4 Å². The summed E-state index contributed by atoms with van der Waals surface area (Å²) in [5.74, 6) is -1.14. The molecule has 0 aliphatic rings. The number of nitrogens with zero attached hydrogens (tertiary/aromatic N) is 2. The zero-order valence-electron chi connectivity index (χ0n) is 15.5. The van der Waals surface area contributed by atoms with Crippen LogP contribution in [-0.4, -0.2) is 16.9 Å². The van der Waals surface area contributed by atoms with E-state index in [4.69, 9.17) is 4.74 Å². The maximum absolute atomic E-state index is 12.9. The van der Waals surface area contributed by atoms with E-state index in [-0.39, 0.29) is 18.1 Å². The highest BCUT2D eigenvalue weighted by atomic mass is 32.1. The van der Waals surface area contributed by atoms with Crippen LogP contribution in [-0.2, 0) is 22.6 Å². The molecule has 5 nitrogen and oxygen atoms in total. The molecule has 0 unspecified atom stereocenters. The van der Waals surface area contributed by atoms with E-state index in [9.17, 15) is 14.0 Å². The summed E-state index contributed by atoms with van der Waals surface area (Å²) in [6, 6.07) is 12.8. The lowest BCUT2D eigenvalue weighted by atomic mass is 10.1. The second kappa shape index (κ2) is 8.75. The van der Waals surface area contributed by atoms with E-state index < -0.39 is 11.8 Å². The molecule has 7 heteroatoms. The molecule has 3 rings (SSSR count). The number of aromatic nitrogens is 1. The fraction of sp³-hybridized carbons (Fsp3) is 0.190. The van der Waals surface area contributed by atoms with Gasteiger partial charge in [0.25, 0.3) is 0 Å². The molecule has 0 N–H and O–H groups in total. The lowest BCUT2D eigenvalue weighted by molar-refractivity contribution is -0.115. The number of halogens is 1. The number of hydrogen-bond donors (Lipinski definition) is 0. The molecule has 1 aromatic heterocycles. The minimum atomic E-state index is -0.562. The molecule has 1 amide bonds. The summed E-state index contributed by atoms with van der Waals surface area (Å²) >= 11 is 1.29. The Balaban J connectivity index is 1.71. The third kappa shape index (κ3) is 4.61. The van der Waals surface area contributed by atoms with Crippen molar-refractivity contribution in [3.8, 4) is 0 Å². The van der Waals surface area contributed by atoms with Crippen LogP contribution in [0.25, 0.3) is 0 Å². The van der Waals surface area contributed by atoms with Crippen LogP contribution in [0.3, 0.4) is 0 Å². The van der Waals surface area contributed by atoms with E-state index in [2.05, 4.69) is 11.9 Å². The Morgan fingerprint density at radius 2 is 1.79 bits per heavy atom. The number of carbonyl (C=O) groups is 2. The van der Waals surface area contributed by atoms with Crippen LogP contribution in [0.4, 0.5) is 15.2 Å². The molecular weight excluding hydrogens is 379 g/mol. The van der Waals surface area contributed by atoms with Crippen molar-refractivity contribution >= 4 is 34.0 Å². The predicted octanol–water partition coefficient (Wildman–Crippen LogP) is 4.89. The highest BCUT2D eigenvalue weighted by Gasteiger charge is 2.18. The molecule has 0 aliphatic heterocycles. The van der Waals surface area contributed by atoms with E-state index in [1.54, 1.807) is 5.38 Å². The minimum absolute atomic E-state index is 0.0345. The number of amides is 1. The number of hydrogen-bond acceptors (Lipinski definition) is 5. The quantitative estimate of drug-likeness (QED) is 0.555. The van der Waals surface area contributed by atoms with E-state index >= 15 is 0 Å². The van der Waals surface area contributed by atoms with Crippen molar-refractivity contribution in [1.82, 2.24) is 4.98 Å². The summed E-state index contributed by atoms with van der Waals surface area (Å²) in [5, 5.41) is 2.24. The van der Waals surface area contributed by atoms with Crippen LogP contribution in [0.5, 0.6) is 0 Å². The molecule has 0 atom stereocenters. The molecule has 0 saturated heterocycles. The summed E-state index contributed by atoms with van der Waals surface area (Å²) in [7, 11) is 0. The number of aryl methyl sites for hydroxylation is 1. The maximum Gasteiger partial charge on any atom is 0.338 e. The Labute approximate surface area is 166 Å². The molecule has 0 fully saturated rings. The highest BCUT2D eigenvalue weighted by Crippen LogP contribution is 2.29. The van der Waals surface area contributed by atoms with Gasteiger partial charge in [0.05, 0.1) is 16.9 Å². The summed E-state index contributed by atoms with van der Waals surface area (Å²) in [4.78, 5) is 30.1. The first-order valence-electron chi connectivity index (χ1n) is 8.74. The number of ether oxygens (including phenoxy) is 1. The zero-order valence-corrected chi connectivity index (χ0v) is 16.3. The van der Waals surface area contributed by atoms with Crippen LogP contribution in [0.1, 0.15) is 35.5 Å². The number of anilines is 2. The maximum atomic E-state index is 12.9. The van der Waals surface area contributed by atoms with Crippen molar-refractivity contribution in [2.45, 2.75) is 26.9 Å². The molecule has 0 radical (unpaired) electrons. The minimum Gasteiger partial charge on any atom is -0.456 e. The van der Waals surface area contributed by atoms with Gasteiger partial charge in [-0.15, -0.1) is 11.3 Å². The number of thiazole rings is 1. The Morgan fingerprint density at radius 1 is 1.11 bits per heavy atom. The fourth-order valence-corrected chi connectivity index (χ4v) is 3.45. The Bertz CT molecular complexity index is 968. The first-order chi connectivity index (χ1) is 13.5. The van der Waals surface area contributed by atoms with Crippen LogP contribution < -0.4 is 4.90 Å². The average molecular weight is 398 g/mol. The van der Waals surface area contributed by atoms with Crippen molar-refractivity contribution in [1.29, 1.82) is 0 Å². The van der Waals surface area contributed by atoms with Gasteiger partial charge in [-0.25, -0.2) is 14.2 Å². The van der Waals surface area contributed by atoms with Crippen molar-refractivity contribution in [2.24, 2.45) is 0 Å². The van der Waals surface area contributed by atoms with Crippen LogP contribution >= 0.6 is 11.3 Å². The van der Waals surface area contributed by atoms with Gasteiger partial charge >= 0.3 is 5.97 Å². The van der Waals surface area contributed by atoms with Crippen LogP contribution in [0.15, 0.2) is 53.9 Å². The Kier molecular flexibility index (Phi) is 6.16. The molecule has 0 saturated carbocycles. The normalized spacial score (nSPS) is 10.5. The summed E-state index contributed by atoms with van der Waals surface area (Å²) in [6.45, 7) is 3.51.